The summed E-state index contributed by atoms with van der Waals surface area (Å²) in [5, 5.41) is 7.92. The first-order valence-electron chi connectivity index (χ1n) is 10.4. The van der Waals surface area contributed by atoms with E-state index >= 15 is 4.39 Å². The van der Waals surface area contributed by atoms with Crippen molar-refractivity contribution in [2.75, 3.05) is 31.3 Å². The lowest BCUT2D eigenvalue weighted by Crippen LogP contribution is -2.44. The van der Waals surface area contributed by atoms with Gasteiger partial charge in [-0.05, 0) is 33.4 Å². The molecule has 1 atom stereocenters. The number of fused-ring (bicyclic) bond motifs is 1. The number of nitrogens with zero attached hydrogens (tertiary/aromatic N) is 5. The summed E-state index contributed by atoms with van der Waals surface area (Å²) in [7, 11) is 4.64. The molecule has 0 unspecified atom stereocenters. The van der Waals surface area contributed by atoms with Gasteiger partial charge < -0.3 is 20.7 Å². The SMILES string of the molecule is CC[C@H](NC)N(CC)c1nn(C)c2c(F)c(-c3cc(N)nc(C)c3C(F)(F)F)nc(OC)c12. The van der Waals surface area contributed by atoms with Crippen molar-refractivity contribution in [3.05, 3.63) is 23.1 Å². The van der Waals surface area contributed by atoms with Crippen LogP contribution >= 0.6 is 0 Å². The quantitative estimate of drug-likeness (QED) is 0.401. The molecule has 3 heterocycles. The van der Waals surface area contributed by atoms with E-state index in [0.717, 1.165) is 12.5 Å². The van der Waals surface area contributed by atoms with Gasteiger partial charge in [0.15, 0.2) is 11.6 Å². The third kappa shape index (κ3) is 4.14. The molecule has 0 aliphatic heterocycles. The molecule has 3 aromatic rings. The number of anilines is 2. The zero-order valence-corrected chi connectivity index (χ0v) is 19.3. The van der Waals surface area contributed by atoms with Crippen LogP contribution in [0.1, 0.15) is 31.5 Å². The van der Waals surface area contributed by atoms with Crippen molar-refractivity contribution in [2.45, 2.75) is 39.5 Å². The Bertz CT molecular complexity index is 1170. The maximum atomic E-state index is 15.9. The van der Waals surface area contributed by atoms with Gasteiger partial charge in [-0.1, -0.05) is 6.92 Å². The molecule has 0 saturated heterocycles. The van der Waals surface area contributed by atoms with Crippen LogP contribution in [0.25, 0.3) is 22.2 Å². The molecule has 0 aromatic carbocycles. The van der Waals surface area contributed by atoms with E-state index in [4.69, 9.17) is 10.5 Å². The summed E-state index contributed by atoms with van der Waals surface area (Å²) in [6.07, 6.45) is -4.18. The molecule has 8 nitrogen and oxygen atoms in total. The average molecular weight is 469 g/mol. The van der Waals surface area contributed by atoms with Crippen molar-refractivity contribution in [1.29, 1.82) is 0 Å². The molecule has 3 N–H and O–H groups in total. The Morgan fingerprint density at radius 1 is 1.27 bits per heavy atom. The van der Waals surface area contributed by atoms with Gasteiger partial charge in [-0.15, -0.1) is 0 Å². The zero-order valence-electron chi connectivity index (χ0n) is 19.3. The Balaban J connectivity index is 2.41. The predicted octanol–water partition coefficient (Wildman–Crippen LogP) is 3.87. The summed E-state index contributed by atoms with van der Waals surface area (Å²) >= 11 is 0. The molecule has 0 bridgehead atoms. The van der Waals surface area contributed by atoms with Crippen molar-refractivity contribution >= 4 is 22.5 Å². The molecule has 33 heavy (non-hydrogen) atoms. The van der Waals surface area contributed by atoms with Crippen molar-refractivity contribution in [1.82, 2.24) is 25.1 Å². The van der Waals surface area contributed by atoms with Crippen LogP contribution < -0.4 is 20.7 Å². The smallest absolute Gasteiger partial charge is 0.418 e. The molecule has 3 aromatic heterocycles. The molecule has 0 aliphatic rings. The zero-order chi connectivity index (χ0) is 24.7. The minimum Gasteiger partial charge on any atom is -0.480 e. The largest absolute Gasteiger partial charge is 0.480 e. The van der Waals surface area contributed by atoms with E-state index in [9.17, 15) is 13.2 Å². The lowest BCUT2D eigenvalue weighted by Gasteiger charge is -2.30. The van der Waals surface area contributed by atoms with E-state index in [1.165, 1.54) is 25.8 Å². The monoisotopic (exact) mass is 469 g/mol. The van der Waals surface area contributed by atoms with Crippen LogP contribution in [0, 0.1) is 12.7 Å². The predicted molar refractivity (Wildman–Crippen MR) is 119 cm³/mol. The van der Waals surface area contributed by atoms with Crippen LogP contribution in [-0.2, 0) is 13.2 Å². The summed E-state index contributed by atoms with van der Waals surface area (Å²) < 4.78 is 64.2. The Morgan fingerprint density at radius 3 is 2.45 bits per heavy atom. The summed E-state index contributed by atoms with van der Waals surface area (Å²) in [6, 6.07) is 0.969. The number of ether oxygens (including phenoxy) is 1. The number of hydrogen-bond acceptors (Lipinski definition) is 7. The van der Waals surface area contributed by atoms with E-state index in [2.05, 4.69) is 20.4 Å². The second-order valence-corrected chi connectivity index (χ2v) is 7.51. The third-order valence-electron chi connectivity index (χ3n) is 5.53. The highest BCUT2D eigenvalue weighted by Gasteiger charge is 2.38. The molecule has 0 spiro atoms. The lowest BCUT2D eigenvalue weighted by molar-refractivity contribution is -0.137. The number of aromatic nitrogens is 4. The van der Waals surface area contributed by atoms with E-state index in [0.29, 0.717) is 12.4 Å². The van der Waals surface area contributed by atoms with Crippen molar-refractivity contribution in [3.63, 3.8) is 0 Å². The standard InChI is InChI=1S/C21H27F4N7O/c1-7-13(27-4)32(8-2)19-14-18(31(5)30-19)16(22)17(29-20(14)33-6)11-9-12(26)28-10(3)15(11)21(23,24)25/h9,13,27H,7-8H2,1-6H3,(H2,26,28)/t13-/m1/s1. The normalized spacial score (nSPS) is 12.9. The first kappa shape index (κ1) is 24.5. The molecule has 0 saturated carbocycles. The summed E-state index contributed by atoms with van der Waals surface area (Å²) in [5.74, 6) is -0.780. The number of alkyl halides is 3. The molecule has 180 valence electrons. The number of nitrogens with one attached hydrogen (secondary N) is 1. The average Bonchev–Trinajstić information content (AvgIpc) is 3.08. The Kier molecular flexibility index (Phi) is 6.68. The minimum absolute atomic E-state index is 0.0302. The van der Waals surface area contributed by atoms with Crippen LogP contribution in [0.15, 0.2) is 6.07 Å². The second-order valence-electron chi connectivity index (χ2n) is 7.51. The first-order chi connectivity index (χ1) is 15.5. The van der Waals surface area contributed by atoms with E-state index in [1.807, 2.05) is 18.7 Å². The third-order valence-corrected chi connectivity index (χ3v) is 5.53. The summed E-state index contributed by atoms with van der Waals surface area (Å²) in [4.78, 5) is 9.78. The molecule has 3 rings (SSSR count). The van der Waals surface area contributed by atoms with Gasteiger partial charge in [0.2, 0.25) is 5.88 Å². The molecule has 0 amide bonds. The van der Waals surface area contributed by atoms with Gasteiger partial charge in [0.1, 0.15) is 22.4 Å². The Hall–Kier alpha value is -3.15. The molecule has 0 aliphatic carbocycles. The Labute approximate surface area is 188 Å². The fourth-order valence-corrected chi connectivity index (χ4v) is 4.14. The van der Waals surface area contributed by atoms with Gasteiger partial charge in [-0.25, -0.2) is 14.4 Å². The van der Waals surface area contributed by atoms with E-state index < -0.39 is 28.8 Å². The van der Waals surface area contributed by atoms with Gasteiger partial charge in [0, 0.05) is 19.2 Å². The number of pyridine rings is 2. The van der Waals surface area contributed by atoms with Gasteiger partial charge >= 0.3 is 6.18 Å². The highest BCUT2D eigenvalue weighted by atomic mass is 19.4. The number of methoxy groups -OCH3 is 1. The highest BCUT2D eigenvalue weighted by Crippen LogP contribution is 2.43. The van der Waals surface area contributed by atoms with Crippen molar-refractivity contribution < 1.29 is 22.3 Å². The topological polar surface area (TPSA) is 94.1 Å². The van der Waals surface area contributed by atoms with Crippen LogP contribution in [0.2, 0.25) is 0 Å². The molecule has 0 fully saturated rings. The van der Waals surface area contributed by atoms with Crippen LogP contribution in [-0.4, -0.2) is 46.6 Å². The minimum atomic E-state index is -4.80. The van der Waals surface area contributed by atoms with Gasteiger partial charge in [0.25, 0.3) is 0 Å². The van der Waals surface area contributed by atoms with E-state index in [1.54, 1.807) is 7.05 Å². The van der Waals surface area contributed by atoms with Crippen molar-refractivity contribution in [3.8, 4) is 17.1 Å². The van der Waals surface area contributed by atoms with Gasteiger partial charge in [-0.3, -0.25) is 4.68 Å². The first-order valence-corrected chi connectivity index (χ1v) is 10.4. The highest BCUT2D eigenvalue weighted by molar-refractivity contribution is 5.97. The second kappa shape index (κ2) is 9.00. The number of nitrogens with two attached hydrogens (primary N) is 1. The van der Waals surface area contributed by atoms with Crippen molar-refractivity contribution in [2.24, 2.45) is 7.05 Å². The molecule has 0 radical (unpaired) electrons. The van der Waals surface area contributed by atoms with Gasteiger partial charge in [0.05, 0.1) is 24.5 Å². The Morgan fingerprint density at radius 2 is 1.94 bits per heavy atom. The summed E-state index contributed by atoms with van der Waals surface area (Å²) in [6.45, 7) is 5.61. The molecular weight excluding hydrogens is 442 g/mol. The fraction of sp³-hybridized carbons (Fsp3) is 0.476. The van der Waals surface area contributed by atoms with Crippen LogP contribution in [0.3, 0.4) is 0 Å². The lowest BCUT2D eigenvalue weighted by atomic mass is 10.0. The maximum absolute atomic E-state index is 15.9. The van der Waals surface area contributed by atoms with E-state index in [-0.39, 0.29) is 34.5 Å². The number of nitrogen functional groups attached to an aromatic ring is 1. The van der Waals surface area contributed by atoms with Gasteiger partial charge in [-0.2, -0.15) is 18.3 Å². The fourth-order valence-electron chi connectivity index (χ4n) is 4.14. The summed E-state index contributed by atoms with van der Waals surface area (Å²) in [5.41, 5.74) is 3.14. The number of rotatable bonds is 7. The number of aryl methyl sites for hydroxylation is 2. The molecule has 12 heteroatoms. The number of halogens is 4. The maximum Gasteiger partial charge on any atom is 0.418 e. The van der Waals surface area contributed by atoms with Crippen LogP contribution in [0.4, 0.5) is 29.2 Å². The number of hydrogen-bond donors (Lipinski definition) is 2. The molecular formula is C21H27F4N7O. The van der Waals surface area contributed by atoms with Crippen LogP contribution in [0.5, 0.6) is 5.88 Å².